The van der Waals surface area contributed by atoms with E-state index in [1.807, 2.05) is 50.2 Å². The summed E-state index contributed by atoms with van der Waals surface area (Å²) >= 11 is 0. The molecule has 0 aliphatic heterocycles. The molecule has 1 unspecified atom stereocenters. The molecule has 0 radical (unpaired) electrons. The van der Waals surface area contributed by atoms with Crippen molar-refractivity contribution in [1.82, 2.24) is 10.2 Å². The van der Waals surface area contributed by atoms with E-state index in [0.29, 0.717) is 11.6 Å². The van der Waals surface area contributed by atoms with Crippen molar-refractivity contribution >= 4 is 21.7 Å². The Hall–Kier alpha value is -3.98. The van der Waals surface area contributed by atoms with Gasteiger partial charge in [-0.25, -0.2) is 13.2 Å². The standard InChI is InChI=1S/C26H25N3O5S/c1-17-8-12-20(13-9-17)25-28-27-24(34-25)19(3)33-26(30)21-6-5-7-23(16-21)35(31,32)29(4)22-14-10-18(2)11-15-22/h5-16,19H,1-4H3. The van der Waals surface area contributed by atoms with Crippen molar-refractivity contribution in [2.45, 2.75) is 31.8 Å². The number of hydrogen-bond donors (Lipinski definition) is 0. The Morgan fingerprint density at radius 3 is 2.23 bits per heavy atom. The molecule has 0 aliphatic rings. The van der Waals surface area contributed by atoms with Gasteiger partial charge in [-0.1, -0.05) is 41.5 Å². The third-order valence-electron chi connectivity index (χ3n) is 5.50. The minimum absolute atomic E-state index is 0.0258. The molecule has 0 bridgehead atoms. The van der Waals surface area contributed by atoms with Crippen molar-refractivity contribution in [3.05, 3.63) is 95.4 Å². The van der Waals surface area contributed by atoms with Crippen LogP contribution in [0.15, 0.2) is 82.1 Å². The van der Waals surface area contributed by atoms with Crippen LogP contribution in [0, 0.1) is 13.8 Å². The highest BCUT2D eigenvalue weighted by Gasteiger charge is 2.24. The summed E-state index contributed by atoms with van der Waals surface area (Å²) in [6.07, 6.45) is -0.829. The summed E-state index contributed by atoms with van der Waals surface area (Å²) in [6, 6.07) is 20.4. The maximum atomic E-state index is 13.1. The molecule has 0 amide bonds. The predicted molar refractivity (Wildman–Crippen MR) is 132 cm³/mol. The Bertz CT molecular complexity index is 1450. The van der Waals surface area contributed by atoms with Crippen LogP contribution >= 0.6 is 0 Å². The van der Waals surface area contributed by atoms with Gasteiger partial charge in [0.25, 0.3) is 15.9 Å². The molecule has 3 aromatic carbocycles. The zero-order valence-corrected chi connectivity index (χ0v) is 20.6. The molecule has 1 aromatic heterocycles. The number of aryl methyl sites for hydroxylation is 2. The smallest absolute Gasteiger partial charge is 0.338 e. The second-order valence-electron chi connectivity index (χ2n) is 8.19. The highest BCUT2D eigenvalue weighted by atomic mass is 32.2. The predicted octanol–water partition coefficient (Wildman–Crippen LogP) is 5.10. The Balaban J connectivity index is 1.50. The summed E-state index contributed by atoms with van der Waals surface area (Å²) in [7, 11) is -2.42. The molecule has 0 N–H and O–H groups in total. The lowest BCUT2D eigenvalue weighted by Crippen LogP contribution is -2.26. The summed E-state index contributed by atoms with van der Waals surface area (Å²) in [6.45, 7) is 5.51. The average molecular weight is 492 g/mol. The van der Waals surface area contributed by atoms with E-state index in [1.165, 1.54) is 35.6 Å². The summed E-state index contributed by atoms with van der Waals surface area (Å²) in [4.78, 5) is 12.8. The molecular weight excluding hydrogens is 466 g/mol. The number of rotatable bonds is 7. The molecule has 4 rings (SSSR count). The quantitative estimate of drug-likeness (QED) is 0.332. The average Bonchev–Trinajstić information content (AvgIpc) is 3.35. The summed E-state index contributed by atoms with van der Waals surface area (Å²) in [5, 5.41) is 8.01. The second-order valence-corrected chi connectivity index (χ2v) is 10.2. The van der Waals surface area contributed by atoms with Crippen molar-refractivity contribution in [2.75, 3.05) is 11.4 Å². The lowest BCUT2D eigenvalue weighted by Gasteiger charge is -2.20. The number of benzene rings is 3. The van der Waals surface area contributed by atoms with Crippen molar-refractivity contribution in [3.63, 3.8) is 0 Å². The van der Waals surface area contributed by atoms with Gasteiger partial charge >= 0.3 is 5.97 Å². The van der Waals surface area contributed by atoms with E-state index in [0.717, 1.165) is 16.7 Å². The molecule has 4 aromatic rings. The fraction of sp³-hybridized carbons (Fsp3) is 0.192. The lowest BCUT2D eigenvalue weighted by atomic mass is 10.1. The van der Waals surface area contributed by atoms with E-state index in [-0.39, 0.29) is 16.3 Å². The van der Waals surface area contributed by atoms with Gasteiger partial charge in [-0.2, -0.15) is 0 Å². The van der Waals surface area contributed by atoms with Gasteiger partial charge in [0.15, 0.2) is 6.10 Å². The van der Waals surface area contributed by atoms with Gasteiger partial charge in [-0.05, 0) is 63.2 Å². The van der Waals surface area contributed by atoms with Crippen LogP contribution in [0.25, 0.3) is 11.5 Å². The van der Waals surface area contributed by atoms with Gasteiger partial charge in [-0.3, -0.25) is 4.31 Å². The summed E-state index contributed by atoms with van der Waals surface area (Å²) in [5.41, 5.74) is 3.48. The zero-order chi connectivity index (χ0) is 25.2. The third-order valence-corrected chi connectivity index (χ3v) is 7.28. The molecule has 0 saturated carbocycles. The molecule has 9 heteroatoms. The molecule has 0 fully saturated rings. The largest absolute Gasteiger partial charge is 0.449 e. The molecule has 0 saturated heterocycles. The van der Waals surface area contributed by atoms with E-state index in [4.69, 9.17) is 9.15 Å². The fourth-order valence-electron chi connectivity index (χ4n) is 3.33. The topological polar surface area (TPSA) is 103 Å². The van der Waals surface area contributed by atoms with Crippen LogP contribution in [0.2, 0.25) is 0 Å². The molecule has 1 heterocycles. The SMILES string of the molecule is Cc1ccc(-c2nnc(C(C)OC(=O)c3cccc(S(=O)(=O)N(C)c4ccc(C)cc4)c3)o2)cc1. The van der Waals surface area contributed by atoms with Gasteiger partial charge in [0.1, 0.15) is 0 Å². The van der Waals surface area contributed by atoms with E-state index in [2.05, 4.69) is 10.2 Å². The van der Waals surface area contributed by atoms with E-state index < -0.39 is 22.1 Å². The van der Waals surface area contributed by atoms with Gasteiger partial charge < -0.3 is 9.15 Å². The molecule has 0 aliphatic carbocycles. The Morgan fingerprint density at radius 2 is 1.57 bits per heavy atom. The van der Waals surface area contributed by atoms with E-state index in [9.17, 15) is 13.2 Å². The number of sulfonamides is 1. The highest BCUT2D eigenvalue weighted by molar-refractivity contribution is 7.92. The maximum Gasteiger partial charge on any atom is 0.338 e. The van der Waals surface area contributed by atoms with Gasteiger partial charge in [0.2, 0.25) is 5.89 Å². The zero-order valence-electron chi connectivity index (χ0n) is 19.8. The van der Waals surface area contributed by atoms with Crippen LogP contribution in [0.1, 0.15) is 40.4 Å². The number of carbonyl (C=O) groups is 1. The number of esters is 1. The Kier molecular flexibility index (Phi) is 6.70. The molecule has 180 valence electrons. The van der Waals surface area contributed by atoms with Gasteiger partial charge in [0, 0.05) is 12.6 Å². The first-order valence-corrected chi connectivity index (χ1v) is 12.4. The lowest BCUT2D eigenvalue weighted by molar-refractivity contribution is 0.0279. The molecule has 0 spiro atoms. The van der Waals surface area contributed by atoms with Crippen LogP contribution in [0.5, 0.6) is 0 Å². The van der Waals surface area contributed by atoms with Gasteiger partial charge in [-0.15, -0.1) is 10.2 Å². The first-order chi connectivity index (χ1) is 16.6. The summed E-state index contributed by atoms with van der Waals surface area (Å²) in [5.74, 6) is -0.255. The minimum Gasteiger partial charge on any atom is -0.449 e. The fourth-order valence-corrected chi connectivity index (χ4v) is 4.57. The number of ether oxygens (including phenoxy) is 1. The van der Waals surface area contributed by atoms with E-state index in [1.54, 1.807) is 19.1 Å². The third kappa shape index (κ3) is 5.25. The second kappa shape index (κ2) is 9.71. The number of anilines is 1. The van der Waals surface area contributed by atoms with Crippen molar-refractivity contribution < 1.29 is 22.4 Å². The number of hydrogen-bond acceptors (Lipinski definition) is 7. The first kappa shape index (κ1) is 24.2. The molecular formula is C26H25N3O5S. The van der Waals surface area contributed by atoms with Crippen molar-refractivity contribution in [1.29, 1.82) is 0 Å². The van der Waals surface area contributed by atoms with Crippen molar-refractivity contribution in [3.8, 4) is 11.5 Å². The Morgan fingerprint density at radius 1 is 0.943 bits per heavy atom. The molecule has 35 heavy (non-hydrogen) atoms. The molecule has 1 atom stereocenters. The Labute approximate surface area is 204 Å². The van der Waals surface area contributed by atoms with Crippen LogP contribution < -0.4 is 4.31 Å². The minimum atomic E-state index is -3.89. The highest BCUT2D eigenvalue weighted by Crippen LogP contribution is 2.26. The summed E-state index contributed by atoms with van der Waals surface area (Å²) < 4.78 is 38.6. The van der Waals surface area contributed by atoms with E-state index >= 15 is 0 Å². The van der Waals surface area contributed by atoms with Crippen LogP contribution in [0.3, 0.4) is 0 Å². The number of nitrogens with zero attached hydrogens (tertiary/aromatic N) is 3. The van der Waals surface area contributed by atoms with Crippen LogP contribution in [-0.4, -0.2) is 31.6 Å². The normalized spacial score (nSPS) is 12.2. The van der Waals surface area contributed by atoms with Crippen LogP contribution in [-0.2, 0) is 14.8 Å². The number of aromatic nitrogens is 2. The monoisotopic (exact) mass is 491 g/mol. The van der Waals surface area contributed by atoms with Gasteiger partial charge in [0.05, 0.1) is 16.1 Å². The van der Waals surface area contributed by atoms with Crippen LogP contribution in [0.4, 0.5) is 5.69 Å². The molecule has 8 nitrogen and oxygen atoms in total. The first-order valence-electron chi connectivity index (χ1n) is 10.9. The maximum absolute atomic E-state index is 13.1. The number of carbonyl (C=O) groups excluding carboxylic acids is 1. The van der Waals surface area contributed by atoms with Crippen molar-refractivity contribution in [2.24, 2.45) is 0 Å².